The highest BCUT2D eigenvalue weighted by molar-refractivity contribution is 6.02. The zero-order valence-corrected chi connectivity index (χ0v) is 22.5. The monoisotopic (exact) mass is 544 g/mol. The minimum atomic E-state index is -0.936. The highest BCUT2D eigenvalue weighted by Crippen LogP contribution is 2.27. The average molecular weight is 545 g/mol. The molecule has 2 aromatic heterocycles. The van der Waals surface area contributed by atoms with Gasteiger partial charge in [0.15, 0.2) is 0 Å². The fraction of sp³-hybridized carbons (Fsp3) is 0.0588. The van der Waals surface area contributed by atoms with Gasteiger partial charge in [0.25, 0.3) is 0 Å². The van der Waals surface area contributed by atoms with E-state index in [-0.39, 0.29) is 11.1 Å². The number of pyridine rings is 2. The third-order valence-corrected chi connectivity index (χ3v) is 6.17. The predicted molar refractivity (Wildman–Crippen MR) is 160 cm³/mol. The highest BCUT2D eigenvalue weighted by atomic mass is 16.4. The lowest BCUT2D eigenvalue weighted by Crippen LogP contribution is -1.99. The summed E-state index contributed by atoms with van der Waals surface area (Å²) in [4.78, 5) is 30.2. The average Bonchev–Trinajstić information content (AvgIpc) is 2.97. The number of benzene rings is 4. The number of carboxylic acid groups (broad SMARTS) is 2. The van der Waals surface area contributed by atoms with E-state index in [0.717, 1.165) is 33.3 Å². The molecule has 0 atom stereocenters. The molecule has 0 amide bonds. The maximum atomic E-state index is 10.9. The molecule has 0 fully saturated rings. The third kappa shape index (κ3) is 7.10. The van der Waals surface area contributed by atoms with Crippen molar-refractivity contribution in [3.05, 3.63) is 138 Å². The van der Waals surface area contributed by atoms with Gasteiger partial charge in [-0.3, -0.25) is 9.97 Å². The van der Waals surface area contributed by atoms with E-state index in [2.05, 4.69) is 9.97 Å². The highest BCUT2D eigenvalue weighted by Gasteiger charge is 2.09. The molecule has 4 aromatic carbocycles. The van der Waals surface area contributed by atoms with E-state index in [9.17, 15) is 14.7 Å². The Balaban J connectivity index is 0.000000142. The summed E-state index contributed by atoms with van der Waals surface area (Å²) >= 11 is 0. The van der Waals surface area contributed by atoms with E-state index in [1.807, 2.05) is 98.8 Å². The van der Waals surface area contributed by atoms with Crippen LogP contribution in [0.15, 0.2) is 115 Å². The molecule has 3 N–H and O–H groups in total. The van der Waals surface area contributed by atoms with E-state index in [1.54, 1.807) is 30.3 Å². The van der Waals surface area contributed by atoms with Crippen LogP contribution in [0.5, 0.6) is 5.75 Å². The summed E-state index contributed by atoms with van der Waals surface area (Å²) in [5.74, 6) is -1.55. The van der Waals surface area contributed by atoms with Gasteiger partial charge in [-0.15, -0.1) is 0 Å². The Morgan fingerprint density at radius 3 is 1.46 bits per heavy atom. The number of aromatic nitrogens is 2. The van der Waals surface area contributed by atoms with E-state index in [0.29, 0.717) is 16.8 Å². The van der Waals surface area contributed by atoms with Crippen molar-refractivity contribution in [1.29, 1.82) is 0 Å². The van der Waals surface area contributed by atoms with Crippen LogP contribution in [-0.4, -0.2) is 37.2 Å². The largest absolute Gasteiger partial charge is 0.507 e. The van der Waals surface area contributed by atoms with Gasteiger partial charge >= 0.3 is 11.9 Å². The van der Waals surface area contributed by atoms with Gasteiger partial charge in [0.2, 0.25) is 0 Å². The predicted octanol–water partition coefficient (Wildman–Crippen LogP) is 7.54. The quantitative estimate of drug-likeness (QED) is 0.210. The summed E-state index contributed by atoms with van der Waals surface area (Å²) in [6.07, 6.45) is 0. The number of carbonyl (C=O) groups is 2. The van der Waals surface area contributed by atoms with E-state index in [4.69, 9.17) is 10.2 Å². The fourth-order valence-electron chi connectivity index (χ4n) is 4.17. The Labute approximate surface area is 237 Å². The lowest BCUT2D eigenvalue weighted by Gasteiger charge is -2.02. The molecule has 7 heteroatoms. The molecule has 0 spiro atoms. The first kappa shape index (κ1) is 28.4. The molecule has 0 aliphatic rings. The molecular weight excluding hydrogens is 516 g/mol. The minimum Gasteiger partial charge on any atom is -0.507 e. The second-order valence-corrected chi connectivity index (χ2v) is 9.15. The van der Waals surface area contributed by atoms with Gasteiger partial charge in [-0.2, -0.15) is 0 Å². The Kier molecular flexibility index (Phi) is 9.02. The van der Waals surface area contributed by atoms with Crippen LogP contribution in [0.4, 0.5) is 0 Å². The van der Waals surface area contributed by atoms with Crippen molar-refractivity contribution in [1.82, 2.24) is 9.97 Å². The maximum absolute atomic E-state index is 10.9. The molecule has 6 rings (SSSR count). The Morgan fingerprint density at radius 1 is 0.537 bits per heavy atom. The van der Waals surface area contributed by atoms with Crippen LogP contribution >= 0.6 is 0 Å². The molecule has 0 unspecified atom stereocenters. The number of phenols is 1. The summed E-state index contributed by atoms with van der Waals surface area (Å²) in [6, 6.07) is 35.0. The zero-order chi connectivity index (χ0) is 29.4. The number of fused-ring (bicyclic) bond motifs is 2. The second kappa shape index (κ2) is 13.0. The van der Waals surface area contributed by atoms with Crippen molar-refractivity contribution in [2.75, 3.05) is 0 Å². The summed E-state index contributed by atoms with van der Waals surface area (Å²) in [5.41, 5.74) is 5.19. The second-order valence-electron chi connectivity index (χ2n) is 9.15. The lowest BCUT2D eigenvalue weighted by atomic mass is 10.1. The molecule has 0 saturated heterocycles. The van der Waals surface area contributed by atoms with Crippen molar-refractivity contribution in [2.45, 2.75) is 13.8 Å². The number of rotatable bonds is 3. The molecule has 6 aromatic rings. The number of aryl methyl sites for hydroxylation is 2. The van der Waals surface area contributed by atoms with E-state index >= 15 is 0 Å². The van der Waals surface area contributed by atoms with Gasteiger partial charge < -0.3 is 15.3 Å². The number of nitrogens with zero attached hydrogens (tertiary/aromatic N) is 2. The maximum Gasteiger partial charge on any atom is 0.337 e. The van der Waals surface area contributed by atoms with Crippen LogP contribution in [0.2, 0.25) is 0 Å². The Morgan fingerprint density at radius 2 is 1.00 bits per heavy atom. The van der Waals surface area contributed by atoms with Crippen LogP contribution in [0.25, 0.3) is 32.9 Å². The van der Waals surface area contributed by atoms with Gasteiger partial charge in [0, 0.05) is 27.7 Å². The summed E-state index contributed by atoms with van der Waals surface area (Å²) < 4.78 is 0. The number of aromatic hydroxyl groups is 1. The molecule has 204 valence electrons. The van der Waals surface area contributed by atoms with Crippen molar-refractivity contribution in [2.24, 2.45) is 0 Å². The lowest BCUT2D eigenvalue weighted by molar-refractivity contribution is 0.0688. The number of hydrogen-bond donors (Lipinski definition) is 3. The molecule has 2 heterocycles. The smallest absolute Gasteiger partial charge is 0.337 e. The van der Waals surface area contributed by atoms with Gasteiger partial charge in [-0.05, 0) is 49.7 Å². The van der Waals surface area contributed by atoms with Crippen LogP contribution in [0, 0.1) is 13.8 Å². The van der Waals surface area contributed by atoms with E-state index < -0.39 is 11.9 Å². The van der Waals surface area contributed by atoms with Crippen molar-refractivity contribution in [3.8, 4) is 16.9 Å². The van der Waals surface area contributed by atoms with Gasteiger partial charge in [-0.1, -0.05) is 84.9 Å². The normalized spacial score (nSPS) is 10.2. The van der Waals surface area contributed by atoms with Crippen LogP contribution < -0.4 is 0 Å². The van der Waals surface area contributed by atoms with Crippen molar-refractivity contribution in [3.63, 3.8) is 0 Å². The standard InChI is InChI=1S/C12H10O.2C11H9NO2/c13-12-9-5-4-8-11(12)10-6-2-1-3-7-10;2*1-7-5-6-8-3-2-4-9(11(13)14)10(8)12-7/h1-9,13H;2*2-6H,1H3,(H,13,14). The van der Waals surface area contributed by atoms with Gasteiger partial charge in [-0.25, -0.2) is 9.59 Å². The molecule has 0 aliphatic heterocycles. The molecule has 0 radical (unpaired) electrons. The van der Waals surface area contributed by atoms with Crippen LogP contribution in [0.1, 0.15) is 32.1 Å². The third-order valence-electron chi connectivity index (χ3n) is 6.17. The molecular formula is C34H28N2O5. The first-order valence-electron chi connectivity index (χ1n) is 12.8. The van der Waals surface area contributed by atoms with Crippen molar-refractivity contribution < 1.29 is 24.9 Å². The molecule has 0 bridgehead atoms. The fourth-order valence-corrected chi connectivity index (χ4v) is 4.17. The van der Waals surface area contributed by atoms with Gasteiger partial charge in [0.1, 0.15) is 5.75 Å². The number of carboxylic acids is 2. The minimum absolute atomic E-state index is 0.256. The number of phenolic OH excluding ortho intramolecular Hbond substituents is 1. The number of hydrogen-bond acceptors (Lipinski definition) is 5. The molecule has 0 aliphatic carbocycles. The summed E-state index contributed by atoms with van der Waals surface area (Å²) in [6.45, 7) is 3.69. The number of para-hydroxylation sites is 3. The van der Waals surface area contributed by atoms with E-state index in [1.165, 1.54) is 0 Å². The summed E-state index contributed by atoms with van der Waals surface area (Å²) in [5, 5.41) is 29.1. The number of aromatic carboxylic acids is 2. The van der Waals surface area contributed by atoms with Crippen LogP contribution in [-0.2, 0) is 0 Å². The first-order valence-corrected chi connectivity index (χ1v) is 12.8. The Hall–Kier alpha value is -5.56. The topological polar surface area (TPSA) is 121 Å². The molecule has 0 saturated carbocycles. The molecule has 41 heavy (non-hydrogen) atoms. The van der Waals surface area contributed by atoms with Gasteiger partial charge in [0.05, 0.1) is 22.2 Å². The SMILES string of the molecule is Cc1ccc2cccc(C(=O)O)c2n1.Cc1ccc2cccc(C(=O)O)c2n1.Oc1ccccc1-c1ccccc1. The Bertz CT molecular complexity index is 1740. The zero-order valence-electron chi connectivity index (χ0n) is 22.5. The van der Waals surface area contributed by atoms with Crippen LogP contribution in [0.3, 0.4) is 0 Å². The first-order chi connectivity index (χ1) is 19.7. The molecule has 7 nitrogen and oxygen atoms in total. The summed E-state index contributed by atoms with van der Waals surface area (Å²) in [7, 11) is 0. The van der Waals surface area contributed by atoms with Crippen molar-refractivity contribution >= 4 is 33.7 Å².